The second-order valence-electron chi connectivity index (χ2n) is 5.29. The summed E-state index contributed by atoms with van der Waals surface area (Å²) in [6.45, 7) is 0. The number of ether oxygens (including phenoxy) is 1. The van der Waals surface area contributed by atoms with Crippen LogP contribution in [0.25, 0.3) is 0 Å². The van der Waals surface area contributed by atoms with Crippen LogP contribution in [0.3, 0.4) is 0 Å². The topological polar surface area (TPSA) is 52.3 Å². The fraction of sp³-hybridized carbons (Fsp3) is 0.500. The second-order valence-corrected chi connectivity index (χ2v) is 6.34. The maximum Gasteiger partial charge on any atom is 0.418 e. The van der Waals surface area contributed by atoms with Gasteiger partial charge in [0.1, 0.15) is 0 Å². The van der Waals surface area contributed by atoms with Gasteiger partial charge in [0.15, 0.2) is 0 Å². The number of methoxy groups -OCH3 is 1. The molecule has 0 atom stereocenters. The lowest BCUT2D eigenvalue weighted by atomic mass is 10.1. The highest BCUT2D eigenvalue weighted by atomic mass is 32.2. The van der Waals surface area contributed by atoms with Gasteiger partial charge in [-0.25, -0.2) is 0 Å². The Labute approximate surface area is 125 Å². The largest absolute Gasteiger partial charge is 0.469 e. The van der Waals surface area contributed by atoms with Crippen molar-refractivity contribution < 1.29 is 22.7 Å². The van der Waals surface area contributed by atoms with Gasteiger partial charge in [-0.15, -0.1) is 11.8 Å². The summed E-state index contributed by atoms with van der Waals surface area (Å²) in [5, 5.41) is 0. The molecule has 0 radical (unpaired) electrons. The van der Waals surface area contributed by atoms with Gasteiger partial charge in [-0.1, -0.05) is 0 Å². The van der Waals surface area contributed by atoms with Crippen LogP contribution in [0.4, 0.5) is 18.9 Å². The van der Waals surface area contributed by atoms with Gasteiger partial charge in [0.25, 0.3) is 0 Å². The summed E-state index contributed by atoms with van der Waals surface area (Å²) in [6, 6.07) is 3.91. The molecule has 0 aromatic heterocycles. The van der Waals surface area contributed by atoms with Crippen LogP contribution in [-0.2, 0) is 15.7 Å². The van der Waals surface area contributed by atoms with Crippen molar-refractivity contribution in [2.75, 3.05) is 18.6 Å². The summed E-state index contributed by atoms with van der Waals surface area (Å²) >= 11 is 1.32. The number of rotatable bonds is 5. The monoisotopic (exact) mass is 319 g/mol. The molecule has 0 bridgehead atoms. The number of hydrogen-bond donors (Lipinski definition) is 1. The van der Waals surface area contributed by atoms with Crippen molar-refractivity contribution in [1.82, 2.24) is 0 Å². The number of anilines is 1. The van der Waals surface area contributed by atoms with E-state index in [9.17, 15) is 18.0 Å². The molecule has 2 rings (SSSR count). The van der Waals surface area contributed by atoms with Crippen molar-refractivity contribution in [3.63, 3.8) is 0 Å². The van der Waals surface area contributed by atoms with Gasteiger partial charge in [-0.3, -0.25) is 4.79 Å². The number of esters is 1. The summed E-state index contributed by atoms with van der Waals surface area (Å²) in [7, 11) is 1.33. The van der Waals surface area contributed by atoms with E-state index in [1.807, 2.05) is 0 Å². The van der Waals surface area contributed by atoms with Gasteiger partial charge in [-0.05, 0) is 36.5 Å². The second kappa shape index (κ2) is 5.79. The zero-order valence-corrected chi connectivity index (χ0v) is 12.3. The predicted octanol–water partition coefficient (Wildman–Crippen LogP) is 3.72. The van der Waals surface area contributed by atoms with Gasteiger partial charge in [0, 0.05) is 16.3 Å². The minimum atomic E-state index is -4.45. The Morgan fingerprint density at radius 2 is 2.10 bits per heavy atom. The maximum absolute atomic E-state index is 12.8. The molecule has 2 N–H and O–H groups in total. The number of nitrogens with two attached hydrogens (primary N) is 1. The molecule has 0 heterocycles. The molecule has 1 aromatic rings. The molecule has 1 aliphatic carbocycles. The van der Waals surface area contributed by atoms with Crippen molar-refractivity contribution in [1.29, 1.82) is 0 Å². The van der Waals surface area contributed by atoms with Gasteiger partial charge in [0.05, 0.1) is 19.1 Å². The fourth-order valence-corrected chi connectivity index (χ4v) is 3.26. The Kier molecular flexibility index (Phi) is 4.41. The SMILES string of the molecule is COC(=O)CC1(CSc2ccc(N)c(C(F)(F)F)c2)CC1. The first-order chi connectivity index (χ1) is 9.76. The van der Waals surface area contributed by atoms with Gasteiger partial charge in [-0.2, -0.15) is 13.2 Å². The van der Waals surface area contributed by atoms with Crippen molar-refractivity contribution in [2.24, 2.45) is 5.41 Å². The van der Waals surface area contributed by atoms with E-state index in [1.165, 1.54) is 24.9 Å². The molecule has 0 spiro atoms. The number of halogens is 3. The molecule has 0 aliphatic heterocycles. The third-order valence-electron chi connectivity index (χ3n) is 3.58. The standard InChI is InChI=1S/C14H16F3NO2S/c1-20-12(19)7-13(4-5-13)8-21-9-2-3-11(18)10(6-9)14(15,16)17/h2-3,6H,4-5,7-8,18H2,1H3. The van der Waals surface area contributed by atoms with E-state index >= 15 is 0 Å². The lowest BCUT2D eigenvalue weighted by Crippen LogP contribution is -2.13. The lowest BCUT2D eigenvalue weighted by Gasteiger charge is -2.15. The number of thioether (sulfide) groups is 1. The van der Waals surface area contributed by atoms with Gasteiger partial charge in [0.2, 0.25) is 0 Å². The van der Waals surface area contributed by atoms with E-state index in [-0.39, 0.29) is 17.1 Å². The van der Waals surface area contributed by atoms with E-state index < -0.39 is 11.7 Å². The summed E-state index contributed by atoms with van der Waals surface area (Å²) in [5.74, 6) is 0.324. The quantitative estimate of drug-likeness (QED) is 0.510. The van der Waals surface area contributed by atoms with Gasteiger partial charge >= 0.3 is 12.1 Å². The number of benzene rings is 1. The lowest BCUT2D eigenvalue weighted by molar-refractivity contribution is -0.142. The zero-order valence-electron chi connectivity index (χ0n) is 11.5. The Balaban J connectivity index is 2.03. The molecular weight excluding hydrogens is 303 g/mol. The van der Waals surface area contributed by atoms with Crippen LogP contribution in [0.15, 0.2) is 23.1 Å². The van der Waals surface area contributed by atoms with Crippen LogP contribution in [0, 0.1) is 5.41 Å². The van der Waals surface area contributed by atoms with Crippen molar-refractivity contribution >= 4 is 23.4 Å². The molecule has 0 saturated heterocycles. The molecular formula is C14H16F3NO2S. The molecule has 0 unspecified atom stereocenters. The van der Waals surface area contributed by atoms with Crippen LogP contribution >= 0.6 is 11.8 Å². The van der Waals surface area contributed by atoms with Crippen molar-refractivity contribution in [3.05, 3.63) is 23.8 Å². The number of nitrogen functional groups attached to an aromatic ring is 1. The first kappa shape index (κ1) is 16.0. The summed E-state index contributed by atoms with van der Waals surface area (Å²) in [5.41, 5.74) is 4.15. The van der Waals surface area contributed by atoms with Crippen LogP contribution in [0.1, 0.15) is 24.8 Å². The van der Waals surface area contributed by atoms with E-state index in [0.29, 0.717) is 17.1 Å². The molecule has 7 heteroatoms. The van der Waals surface area contributed by atoms with Crippen LogP contribution < -0.4 is 5.73 Å². The predicted molar refractivity (Wildman–Crippen MR) is 74.9 cm³/mol. The Morgan fingerprint density at radius 3 is 2.62 bits per heavy atom. The molecule has 1 fully saturated rings. The van der Waals surface area contributed by atoms with Crippen LogP contribution in [-0.4, -0.2) is 18.8 Å². The first-order valence-electron chi connectivity index (χ1n) is 6.42. The summed E-state index contributed by atoms with van der Waals surface area (Å²) in [6.07, 6.45) is -2.34. The minimum Gasteiger partial charge on any atom is -0.469 e. The smallest absolute Gasteiger partial charge is 0.418 e. The van der Waals surface area contributed by atoms with E-state index in [0.717, 1.165) is 18.9 Å². The number of alkyl halides is 3. The molecule has 1 aliphatic rings. The van der Waals surface area contributed by atoms with Crippen molar-refractivity contribution in [3.8, 4) is 0 Å². The van der Waals surface area contributed by atoms with E-state index in [4.69, 9.17) is 5.73 Å². The molecule has 1 aromatic carbocycles. The Bertz CT molecular complexity index is 542. The van der Waals surface area contributed by atoms with Gasteiger partial charge < -0.3 is 10.5 Å². The highest BCUT2D eigenvalue weighted by molar-refractivity contribution is 7.99. The third kappa shape index (κ3) is 4.06. The maximum atomic E-state index is 12.8. The normalized spacial score (nSPS) is 16.6. The van der Waals surface area contributed by atoms with Crippen LogP contribution in [0.5, 0.6) is 0 Å². The highest BCUT2D eigenvalue weighted by Crippen LogP contribution is 2.52. The van der Waals surface area contributed by atoms with E-state index in [2.05, 4.69) is 4.74 Å². The summed E-state index contributed by atoms with van der Waals surface area (Å²) < 4.78 is 43.0. The number of carbonyl (C=O) groups excluding carboxylic acids is 1. The third-order valence-corrected chi connectivity index (χ3v) is 4.92. The average molecular weight is 319 g/mol. The first-order valence-corrected chi connectivity index (χ1v) is 7.41. The molecule has 116 valence electrons. The van der Waals surface area contributed by atoms with E-state index in [1.54, 1.807) is 6.07 Å². The minimum absolute atomic E-state index is 0.127. The molecule has 0 amide bonds. The summed E-state index contributed by atoms with van der Waals surface area (Å²) in [4.78, 5) is 11.8. The molecule has 3 nitrogen and oxygen atoms in total. The Hall–Kier alpha value is -1.37. The average Bonchev–Trinajstić information content (AvgIpc) is 3.16. The van der Waals surface area contributed by atoms with Crippen LogP contribution in [0.2, 0.25) is 0 Å². The molecule has 1 saturated carbocycles. The highest BCUT2D eigenvalue weighted by Gasteiger charge is 2.44. The number of hydrogen-bond acceptors (Lipinski definition) is 4. The zero-order chi connectivity index (χ0) is 15.7. The van der Waals surface area contributed by atoms with Crippen molar-refractivity contribution in [2.45, 2.75) is 30.3 Å². The number of carbonyl (C=O) groups is 1. The molecule has 21 heavy (non-hydrogen) atoms. The Morgan fingerprint density at radius 1 is 1.43 bits per heavy atom. The fourth-order valence-electron chi connectivity index (χ4n) is 2.03.